The van der Waals surface area contributed by atoms with Gasteiger partial charge in [0.05, 0.1) is 7.11 Å². The molecule has 0 heterocycles. The maximum Gasteiger partial charge on any atom is 0.332 e. The van der Waals surface area contributed by atoms with E-state index in [1.54, 1.807) is 7.11 Å². The third-order valence-electron chi connectivity index (χ3n) is 4.65. The van der Waals surface area contributed by atoms with Gasteiger partial charge in [0, 0.05) is 20.4 Å². The lowest BCUT2D eigenvalue weighted by molar-refractivity contribution is -0.170. The molecule has 1 N–H and O–H groups in total. The molecule has 0 aliphatic rings. The van der Waals surface area contributed by atoms with Crippen LogP contribution in [0.4, 0.5) is 4.79 Å². The highest BCUT2D eigenvalue weighted by Crippen LogP contribution is 2.27. The number of carbonyl (C=O) groups is 3. The van der Waals surface area contributed by atoms with Gasteiger partial charge < -0.3 is 14.8 Å². The summed E-state index contributed by atoms with van der Waals surface area (Å²) < 4.78 is 11.2. The first-order valence-electron chi connectivity index (χ1n) is 9.81. The minimum atomic E-state index is -1.45. The third-order valence-corrected chi connectivity index (χ3v) is 4.65. The van der Waals surface area contributed by atoms with E-state index in [9.17, 15) is 14.4 Å². The van der Waals surface area contributed by atoms with Gasteiger partial charge in [-0.25, -0.2) is 14.5 Å². The van der Waals surface area contributed by atoms with Crippen LogP contribution in [0.1, 0.15) is 59.1 Å². The van der Waals surface area contributed by atoms with Crippen LogP contribution in [-0.2, 0) is 27.2 Å². The van der Waals surface area contributed by atoms with Gasteiger partial charge in [0.1, 0.15) is 16.9 Å². The minimum Gasteiger partial charge on any atom is -0.496 e. The molecule has 0 fully saturated rings. The predicted octanol–water partition coefficient (Wildman–Crippen LogP) is 3.48. The van der Waals surface area contributed by atoms with E-state index in [2.05, 4.69) is 18.3 Å². The second kappa shape index (κ2) is 9.76. The molecule has 1 rings (SSSR count). The molecule has 0 unspecified atom stereocenters. The van der Waals surface area contributed by atoms with Gasteiger partial charge in [-0.1, -0.05) is 25.5 Å². The number of urea groups is 1. The van der Waals surface area contributed by atoms with Crippen LogP contribution in [0.25, 0.3) is 0 Å². The van der Waals surface area contributed by atoms with E-state index in [0.29, 0.717) is 6.42 Å². The molecule has 0 atom stereocenters. The largest absolute Gasteiger partial charge is 0.496 e. The number of imide groups is 1. The Hall–Kier alpha value is -2.57. The third kappa shape index (κ3) is 6.21. The Bertz CT molecular complexity index is 756. The molecule has 29 heavy (non-hydrogen) atoms. The van der Waals surface area contributed by atoms with Gasteiger partial charge in [-0.3, -0.25) is 4.79 Å². The summed E-state index contributed by atoms with van der Waals surface area (Å²) in [5.41, 5.74) is -0.162. The van der Waals surface area contributed by atoms with Crippen molar-refractivity contribution in [1.29, 1.82) is 0 Å². The van der Waals surface area contributed by atoms with Gasteiger partial charge in [0.2, 0.25) is 5.91 Å². The second-order valence-corrected chi connectivity index (χ2v) is 8.19. The SMILES string of the molecule is CCCc1cc(CC(C)(C)OC(=O)C(C)(C)N(C(C)=O)C(=O)NC)ccc1OC. The summed E-state index contributed by atoms with van der Waals surface area (Å²) in [7, 11) is 3.05. The summed E-state index contributed by atoms with van der Waals surface area (Å²) in [5, 5.41) is 2.39. The summed E-state index contributed by atoms with van der Waals surface area (Å²) in [5.74, 6) is -0.346. The minimum absolute atomic E-state index is 0.482. The molecular formula is C22H34N2O5. The number of hydrogen-bond acceptors (Lipinski definition) is 5. The molecule has 0 aliphatic carbocycles. The highest BCUT2D eigenvalue weighted by molar-refractivity contribution is 5.99. The van der Waals surface area contributed by atoms with Crippen LogP contribution in [0.3, 0.4) is 0 Å². The monoisotopic (exact) mass is 406 g/mol. The number of hydrogen-bond donors (Lipinski definition) is 1. The first-order chi connectivity index (χ1) is 13.4. The van der Waals surface area contributed by atoms with Crippen molar-refractivity contribution in [3.63, 3.8) is 0 Å². The quantitative estimate of drug-likeness (QED) is 0.668. The van der Waals surface area contributed by atoms with Gasteiger partial charge >= 0.3 is 12.0 Å². The van der Waals surface area contributed by atoms with E-state index < -0.39 is 29.0 Å². The number of carbonyl (C=O) groups excluding carboxylic acids is 3. The molecule has 0 aliphatic heterocycles. The van der Waals surface area contributed by atoms with Crippen molar-refractivity contribution in [2.24, 2.45) is 0 Å². The number of esters is 1. The molecule has 1 aromatic rings. The number of aryl methyl sites for hydroxylation is 1. The first-order valence-corrected chi connectivity index (χ1v) is 9.81. The Balaban J connectivity index is 3.04. The zero-order valence-corrected chi connectivity index (χ0v) is 18.8. The van der Waals surface area contributed by atoms with Crippen molar-refractivity contribution in [3.8, 4) is 5.75 Å². The maximum atomic E-state index is 12.9. The molecule has 1 aromatic carbocycles. The van der Waals surface area contributed by atoms with Crippen LogP contribution < -0.4 is 10.1 Å². The topological polar surface area (TPSA) is 84.9 Å². The van der Waals surface area contributed by atoms with Crippen LogP contribution in [0.5, 0.6) is 5.75 Å². The van der Waals surface area contributed by atoms with Gasteiger partial charge in [-0.2, -0.15) is 0 Å². The average Bonchev–Trinajstić information content (AvgIpc) is 2.60. The number of ether oxygens (including phenoxy) is 2. The predicted molar refractivity (Wildman–Crippen MR) is 112 cm³/mol. The fourth-order valence-corrected chi connectivity index (χ4v) is 3.30. The molecular weight excluding hydrogens is 372 g/mol. The number of methoxy groups -OCH3 is 1. The van der Waals surface area contributed by atoms with E-state index in [4.69, 9.17) is 9.47 Å². The number of nitrogens with zero attached hydrogens (tertiary/aromatic N) is 1. The maximum absolute atomic E-state index is 12.9. The molecule has 0 bridgehead atoms. The van der Waals surface area contributed by atoms with Crippen molar-refractivity contribution < 1.29 is 23.9 Å². The molecule has 162 valence electrons. The molecule has 0 aromatic heterocycles. The fourth-order valence-electron chi connectivity index (χ4n) is 3.30. The Morgan fingerprint density at radius 2 is 1.76 bits per heavy atom. The highest BCUT2D eigenvalue weighted by Gasteiger charge is 2.43. The Morgan fingerprint density at radius 3 is 2.24 bits per heavy atom. The summed E-state index contributed by atoms with van der Waals surface area (Å²) >= 11 is 0. The van der Waals surface area contributed by atoms with E-state index in [-0.39, 0.29) is 0 Å². The van der Waals surface area contributed by atoms with Gasteiger partial charge in [-0.05, 0) is 51.3 Å². The number of benzene rings is 1. The van der Waals surface area contributed by atoms with Gasteiger partial charge in [-0.15, -0.1) is 0 Å². The molecule has 0 radical (unpaired) electrons. The van der Waals surface area contributed by atoms with Crippen molar-refractivity contribution >= 4 is 17.9 Å². The van der Waals surface area contributed by atoms with Crippen molar-refractivity contribution in [2.45, 2.75) is 71.9 Å². The Labute approximate surface area is 173 Å². The van der Waals surface area contributed by atoms with E-state index in [1.807, 2.05) is 26.0 Å². The smallest absolute Gasteiger partial charge is 0.332 e. The molecule has 0 spiro atoms. The van der Waals surface area contributed by atoms with Crippen LogP contribution in [0.2, 0.25) is 0 Å². The fraction of sp³-hybridized carbons (Fsp3) is 0.591. The van der Waals surface area contributed by atoms with Gasteiger partial charge in [0.25, 0.3) is 0 Å². The van der Waals surface area contributed by atoms with E-state index >= 15 is 0 Å². The zero-order valence-electron chi connectivity index (χ0n) is 18.8. The number of rotatable bonds is 8. The van der Waals surface area contributed by atoms with Gasteiger partial charge in [0.15, 0.2) is 0 Å². The van der Waals surface area contributed by atoms with Crippen molar-refractivity contribution in [1.82, 2.24) is 10.2 Å². The van der Waals surface area contributed by atoms with Crippen LogP contribution >= 0.6 is 0 Å². The molecule has 0 saturated carbocycles. The van der Waals surface area contributed by atoms with E-state index in [1.165, 1.54) is 27.8 Å². The number of amides is 3. The molecule has 7 heteroatoms. The summed E-state index contributed by atoms with van der Waals surface area (Å²) in [6.45, 7) is 9.95. The summed E-state index contributed by atoms with van der Waals surface area (Å²) in [4.78, 5) is 37.8. The Morgan fingerprint density at radius 1 is 1.14 bits per heavy atom. The zero-order chi connectivity index (χ0) is 22.4. The average molecular weight is 407 g/mol. The molecule has 3 amide bonds. The second-order valence-electron chi connectivity index (χ2n) is 8.19. The standard InChI is InChI=1S/C22H34N2O5/c1-9-10-17-13-16(11-12-18(17)28-8)14-21(3,4)29-19(26)22(5,6)24(15(2)25)20(27)23-7/h11-13H,9-10,14H2,1-8H3,(H,23,27). The van der Waals surface area contributed by atoms with Crippen LogP contribution in [-0.4, -0.2) is 48.1 Å². The van der Waals surface area contributed by atoms with Crippen molar-refractivity contribution in [3.05, 3.63) is 29.3 Å². The summed E-state index contributed by atoms with van der Waals surface area (Å²) in [6.07, 6.45) is 2.37. The lowest BCUT2D eigenvalue weighted by Crippen LogP contribution is -2.59. The van der Waals surface area contributed by atoms with E-state index in [0.717, 1.165) is 34.6 Å². The van der Waals surface area contributed by atoms with Crippen molar-refractivity contribution in [2.75, 3.05) is 14.2 Å². The molecule has 0 saturated heterocycles. The lowest BCUT2D eigenvalue weighted by Gasteiger charge is -2.36. The summed E-state index contributed by atoms with van der Waals surface area (Å²) in [6, 6.07) is 5.28. The highest BCUT2D eigenvalue weighted by atomic mass is 16.6. The van der Waals surface area contributed by atoms with Crippen LogP contribution in [0, 0.1) is 0 Å². The first kappa shape index (κ1) is 24.5. The Kier molecular flexibility index (Phi) is 8.24. The lowest BCUT2D eigenvalue weighted by atomic mass is 9.94. The normalized spacial score (nSPS) is 11.6. The molecule has 7 nitrogen and oxygen atoms in total. The van der Waals surface area contributed by atoms with Crippen LogP contribution in [0.15, 0.2) is 18.2 Å². The number of nitrogens with one attached hydrogen (secondary N) is 1.